The molecule has 1 aliphatic rings. The van der Waals surface area contributed by atoms with Crippen LogP contribution in [0.3, 0.4) is 0 Å². The van der Waals surface area contributed by atoms with Gasteiger partial charge in [0.05, 0.1) is 18.2 Å². The van der Waals surface area contributed by atoms with E-state index < -0.39 is 35.6 Å². The molecule has 4 rings (SSSR count). The first-order valence-corrected chi connectivity index (χ1v) is 11.9. The summed E-state index contributed by atoms with van der Waals surface area (Å²) in [5.41, 5.74) is 1.40. The summed E-state index contributed by atoms with van der Waals surface area (Å²) in [6.45, 7) is 6.24. The summed E-state index contributed by atoms with van der Waals surface area (Å²) in [6.07, 6.45) is -4.94. The number of carbonyl (C=O) groups is 2. The van der Waals surface area contributed by atoms with Crippen molar-refractivity contribution >= 4 is 23.1 Å². The topological polar surface area (TPSA) is 76.1 Å². The van der Waals surface area contributed by atoms with Crippen LogP contribution in [0.1, 0.15) is 36.6 Å². The third-order valence-corrected chi connectivity index (χ3v) is 5.82. The number of hydrogen-bond acceptors (Lipinski definition) is 5. The van der Waals surface area contributed by atoms with Gasteiger partial charge in [-0.05, 0) is 42.7 Å². The molecule has 198 valence electrons. The zero-order valence-electron chi connectivity index (χ0n) is 21.0. The molecule has 1 fully saturated rings. The van der Waals surface area contributed by atoms with Gasteiger partial charge < -0.3 is 14.6 Å². The van der Waals surface area contributed by atoms with Gasteiger partial charge in [0.15, 0.2) is 0 Å². The zero-order valence-corrected chi connectivity index (χ0v) is 21.0. The van der Waals surface area contributed by atoms with Crippen molar-refractivity contribution in [3.63, 3.8) is 0 Å². The maximum atomic E-state index is 13.3. The van der Waals surface area contributed by atoms with E-state index in [1.807, 2.05) is 26.8 Å². The fraction of sp³-hybridized carbons (Fsp3) is 0.241. The predicted octanol–water partition coefficient (Wildman–Crippen LogP) is 6.55. The predicted molar refractivity (Wildman–Crippen MR) is 136 cm³/mol. The fourth-order valence-corrected chi connectivity index (χ4v) is 4.24. The van der Waals surface area contributed by atoms with E-state index in [2.05, 4.69) is 4.74 Å². The van der Waals surface area contributed by atoms with Crippen LogP contribution in [0.2, 0.25) is 0 Å². The van der Waals surface area contributed by atoms with Crippen LogP contribution >= 0.6 is 0 Å². The van der Waals surface area contributed by atoms with Crippen LogP contribution < -0.4 is 14.4 Å². The lowest BCUT2D eigenvalue weighted by atomic mass is 9.94. The van der Waals surface area contributed by atoms with Gasteiger partial charge in [-0.15, -0.1) is 13.2 Å². The third kappa shape index (κ3) is 5.82. The largest absolute Gasteiger partial charge is 0.573 e. The number of alkyl halides is 3. The van der Waals surface area contributed by atoms with E-state index in [0.717, 1.165) is 22.6 Å². The number of halogens is 3. The molecule has 1 saturated heterocycles. The minimum absolute atomic E-state index is 0.00780. The fourth-order valence-electron chi connectivity index (χ4n) is 4.24. The summed E-state index contributed by atoms with van der Waals surface area (Å²) in [4.78, 5) is 27.7. The number of carbonyl (C=O) groups excluding carboxylic acids is 2. The summed E-state index contributed by atoms with van der Waals surface area (Å²) in [6, 6.07) is 17.2. The monoisotopic (exact) mass is 525 g/mol. The Balaban J connectivity index is 1.86. The molecule has 3 aromatic carbocycles. The Morgan fingerprint density at radius 2 is 1.66 bits per heavy atom. The molecule has 6 nitrogen and oxygen atoms in total. The Morgan fingerprint density at radius 3 is 2.34 bits per heavy atom. The van der Waals surface area contributed by atoms with E-state index in [9.17, 15) is 27.9 Å². The van der Waals surface area contributed by atoms with Crippen LogP contribution in [0, 0.1) is 12.8 Å². The molecule has 38 heavy (non-hydrogen) atoms. The summed E-state index contributed by atoms with van der Waals surface area (Å²) in [7, 11) is 0. The van der Waals surface area contributed by atoms with Gasteiger partial charge in [-0.2, -0.15) is 0 Å². The van der Waals surface area contributed by atoms with Crippen LogP contribution in [-0.4, -0.2) is 29.8 Å². The average molecular weight is 526 g/mol. The van der Waals surface area contributed by atoms with Crippen molar-refractivity contribution in [3.05, 3.63) is 95.1 Å². The lowest BCUT2D eigenvalue weighted by molar-refractivity contribution is -0.274. The molecule has 1 amide bonds. The quantitative estimate of drug-likeness (QED) is 0.215. The Labute approximate surface area is 217 Å². The number of aliphatic hydroxyl groups excluding tert-OH is 1. The lowest BCUT2D eigenvalue weighted by Gasteiger charge is -2.26. The Hall–Kier alpha value is -4.27. The molecule has 9 heteroatoms. The Bertz CT molecular complexity index is 1400. The van der Waals surface area contributed by atoms with Crippen LogP contribution in [0.15, 0.2) is 78.4 Å². The number of aryl methyl sites for hydroxylation is 1. The number of nitrogens with zero attached hydrogens (tertiary/aromatic N) is 1. The second-order valence-electron chi connectivity index (χ2n) is 9.36. The van der Waals surface area contributed by atoms with Gasteiger partial charge in [0.1, 0.15) is 17.3 Å². The molecule has 1 heterocycles. The van der Waals surface area contributed by atoms with Crippen molar-refractivity contribution in [1.82, 2.24) is 0 Å². The number of rotatable bonds is 7. The minimum atomic E-state index is -4.94. The van der Waals surface area contributed by atoms with E-state index in [1.165, 1.54) is 12.1 Å². The zero-order chi connectivity index (χ0) is 27.6. The number of hydrogen-bond donors (Lipinski definition) is 1. The van der Waals surface area contributed by atoms with Gasteiger partial charge >= 0.3 is 6.36 Å². The van der Waals surface area contributed by atoms with Gasteiger partial charge in [0.2, 0.25) is 0 Å². The highest BCUT2D eigenvalue weighted by molar-refractivity contribution is 6.51. The smallest absolute Gasteiger partial charge is 0.507 e. The van der Waals surface area contributed by atoms with Crippen molar-refractivity contribution in [3.8, 4) is 11.5 Å². The van der Waals surface area contributed by atoms with Gasteiger partial charge in [-0.1, -0.05) is 61.9 Å². The van der Waals surface area contributed by atoms with Crippen molar-refractivity contribution in [2.75, 3.05) is 11.5 Å². The van der Waals surface area contributed by atoms with Gasteiger partial charge in [0, 0.05) is 17.3 Å². The standard InChI is InChI=1S/C29H26F3NO5/c1-17(2)16-37-22-11-5-9-20(14-22)26(34)24-25(19-8-4-7-18(3)13-19)33(28(36)27(24)35)21-10-6-12-23(15-21)38-29(30,31)32/h4-15,17,25,34H,16H2,1-3H3/b26-24+. The molecule has 3 aromatic rings. The highest BCUT2D eigenvalue weighted by atomic mass is 19.4. The summed E-state index contributed by atoms with van der Waals surface area (Å²) in [5.74, 6) is -2.19. The molecule has 1 unspecified atom stereocenters. The Kier molecular flexibility index (Phi) is 7.48. The summed E-state index contributed by atoms with van der Waals surface area (Å²) in [5, 5.41) is 11.3. The number of aliphatic hydroxyl groups is 1. The number of anilines is 1. The second-order valence-corrected chi connectivity index (χ2v) is 9.36. The number of ether oxygens (including phenoxy) is 2. The average Bonchev–Trinajstić information content (AvgIpc) is 3.12. The van der Waals surface area contributed by atoms with E-state index in [1.54, 1.807) is 42.5 Å². The van der Waals surface area contributed by atoms with Gasteiger partial charge in [0.25, 0.3) is 11.7 Å². The molecule has 1 aliphatic heterocycles. The minimum Gasteiger partial charge on any atom is -0.507 e. The molecule has 0 spiro atoms. The highest BCUT2D eigenvalue weighted by Gasteiger charge is 2.47. The number of ketones is 1. The van der Waals surface area contributed by atoms with E-state index in [0.29, 0.717) is 17.9 Å². The van der Waals surface area contributed by atoms with Crippen LogP contribution in [0.5, 0.6) is 11.5 Å². The van der Waals surface area contributed by atoms with Crippen molar-refractivity contribution < 1.29 is 37.3 Å². The van der Waals surface area contributed by atoms with Gasteiger partial charge in [-0.3, -0.25) is 14.5 Å². The lowest BCUT2D eigenvalue weighted by Crippen LogP contribution is -2.29. The molecule has 0 saturated carbocycles. The van der Waals surface area contributed by atoms with Crippen molar-refractivity contribution in [2.45, 2.75) is 33.2 Å². The van der Waals surface area contributed by atoms with E-state index in [4.69, 9.17) is 4.74 Å². The molecule has 0 radical (unpaired) electrons. The van der Waals surface area contributed by atoms with Crippen molar-refractivity contribution in [1.29, 1.82) is 0 Å². The maximum absolute atomic E-state index is 13.3. The van der Waals surface area contributed by atoms with E-state index in [-0.39, 0.29) is 22.7 Å². The number of Topliss-reactive ketones (excluding diaryl/α,β-unsaturated/α-hetero) is 1. The first kappa shape index (κ1) is 26.8. The Morgan fingerprint density at radius 1 is 0.974 bits per heavy atom. The SMILES string of the molecule is Cc1cccc(C2/C(=C(\O)c3cccc(OCC(C)C)c3)C(=O)C(=O)N2c2cccc(OC(F)(F)F)c2)c1. The molecular formula is C29H26F3NO5. The molecule has 1 N–H and O–H groups in total. The van der Waals surface area contributed by atoms with Crippen LogP contribution in [-0.2, 0) is 9.59 Å². The normalized spacial score (nSPS) is 17.2. The maximum Gasteiger partial charge on any atom is 0.573 e. The molecule has 0 aliphatic carbocycles. The summed E-state index contributed by atoms with van der Waals surface area (Å²) >= 11 is 0. The first-order chi connectivity index (χ1) is 17.9. The highest BCUT2D eigenvalue weighted by Crippen LogP contribution is 2.43. The first-order valence-electron chi connectivity index (χ1n) is 11.9. The van der Waals surface area contributed by atoms with Gasteiger partial charge in [-0.25, -0.2) is 0 Å². The molecule has 1 atom stereocenters. The van der Waals surface area contributed by atoms with E-state index >= 15 is 0 Å². The van der Waals surface area contributed by atoms with Crippen LogP contribution in [0.4, 0.5) is 18.9 Å². The molecule has 0 bridgehead atoms. The third-order valence-electron chi connectivity index (χ3n) is 5.82. The van der Waals surface area contributed by atoms with Crippen molar-refractivity contribution in [2.24, 2.45) is 5.92 Å². The van der Waals surface area contributed by atoms with Crippen LogP contribution in [0.25, 0.3) is 5.76 Å². The molecular weight excluding hydrogens is 499 g/mol. The number of amides is 1. The number of benzene rings is 3. The molecule has 0 aromatic heterocycles. The summed E-state index contributed by atoms with van der Waals surface area (Å²) < 4.78 is 48.3. The second kappa shape index (κ2) is 10.6.